The van der Waals surface area contributed by atoms with Crippen molar-refractivity contribution in [2.45, 2.75) is 25.7 Å². The summed E-state index contributed by atoms with van der Waals surface area (Å²) in [6, 6.07) is 25.3. The smallest absolute Gasteiger partial charge is 0.407 e. The summed E-state index contributed by atoms with van der Waals surface area (Å²) >= 11 is 0. The molecule has 0 unspecified atom stereocenters. The van der Waals surface area contributed by atoms with Crippen LogP contribution in [0.1, 0.15) is 29.2 Å². The van der Waals surface area contributed by atoms with E-state index in [4.69, 9.17) is 9.47 Å². The third-order valence-corrected chi connectivity index (χ3v) is 4.41. The van der Waals surface area contributed by atoms with E-state index in [2.05, 4.69) is 5.32 Å². The van der Waals surface area contributed by atoms with Crippen molar-refractivity contribution in [1.29, 1.82) is 0 Å². The quantitative estimate of drug-likeness (QED) is 0.539. The zero-order valence-corrected chi connectivity index (χ0v) is 16.4. The van der Waals surface area contributed by atoms with Gasteiger partial charge in [-0.1, -0.05) is 72.8 Å². The van der Waals surface area contributed by atoms with Crippen LogP contribution in [-0.4, -0.2) is 17.2 Å². The molecule has 0 spiro atoms. The summed E-state index contributed by atoms with van der Waals surface area (Å²) in [5.41, 5.74) is 2.55. The molecule has 0 aliphatic rings. The Balaban J connectivity index is 1.58. The SMILES string of the molecule is O=C(O)C[C@H](NC(=O)OCc1ccccc1)c1ccc(OCc2ccccc2)cc1. The highest BCUT2D eigenvalue weighted by molar-refractivity contribution is 5.72. The number of carboxylic acids is 1. The number of amides is 1. The molecular formula is C24H23NO5. The molecule has 0 bridgehead atoms. The van der Waals surface area contributed by atoms with Crippen molar-refractivity contribution in [3.8, 4) is 5.75 Å². The second kappa shape index (κ2) is 10.7. The number of carbonyl (C=O) groups is 2. The predicted octanol–water partition coefficient (Wildman–Crippen LogP) is 4.71. The Morgan fingerprint density at radius 3 is 1.93 bits per heavy atom. The van der Waals surface area contributed by atoms with Gasteiger partial charge in [0.05, 0.1) is 12.5 Å². The molecule has 2 N–H and O–H groups in total. The Morgan fingerprint density at radius 1 is 0.800 bits per heavy atom. The lowest BCUT2D eigenvalue weighted by Crippen LogP contribution is -2.30. The maximum absolute atomic E-state index is 12.2. The molecule has 6 nitrogen and oxygen atoms in total. The van der Waals surface area contributed by atoms with Gasteiger partial charge in [-0.05, 0) is 28.8 Å². The van der Waals surface area contributed by atoms with E-state index in [1.165, 1.54) is 0 Å². The average molecular weight is 405 g/mol. The molecule has 3 rings (SSSR count). The number of aliphatic carboxylic acids is 1. The number of nitrogens with one attached hydrogen (secondary N) is 1. The van der Waals surface area contributed by atoms with Gasteiger partial charge in [0.15, 0.2) is 0 Å². The average Bonchev–Trinajstić information content (AvgIpc) is 2.77. The highest BCUT2D eigenvalue weighted by atomic mass is 16.5. The molecule has 6 heteroatoms. The largest absolute Gasteiger partial charge is 0.489 e. The van der Waals surface area contributed by atoms with Gasteiger partial charge < -0.3 is 19.9 Å². The van der Waals surface area contributed by atoms with Crippen LogP contribution in [-0.2, 0) is 22.7 Å². The maximum Gasteiger partial charge on any atom is 0.407 e. The van der Waals surface area contributed by atoms with Crippen LogP contribution in [0.2, 0.25) is 0 Å². The van der Waals surface area contributed by atoms with E-state index < -0.39 is 18.1 Å². The second-order valence-corrected chi connectivity index (χ2v) is 6.70. The van der Waals surface area contributed by atoms with Gasteiger partial charge in [-0.25, -0.2) is 4.79 Å². The molecule has 154 valence electrons. The van der Waals surface area contributed by atoms with E-state index in [1.54, 1.807) is 24.3 Å². The summed E-state index contributed by atoms with van der Waals surface area (Å²) in [6.45, 7) is 0.543. The lowest BCUT2D eigenvalue weighted by atomic mass is 10.0. The Labute approximate surface area is 175 Å². The minimum atomic E-state index is -1.02. The van der Waals surface area contributed by atoms with Gasteiger partial charge in [-0.2, -0.15) is 0 Å². The van der Waals surface area contributed by atoms with Gasteiger partial charge in [0.2, 0.25) is 0 Å². The molecule has 3 aromatic rings. The summed E-state index contributed by atoms with van der Waals surface area (Å²) in [7, 11) is 0. The Hall–Kier alpha value is -3.80. The molecule has 0 heterocycles. The number of rotatable bonds is 9. The monoisotopic (exact) mass is 405 g/mol. The summed E-state index contributed by atoms with van der Waals surface area (Å²) in [4.78, 5) is 23.4. The molecule has 0 aliphatic carbocycles. The van der Waals surface area contributed by atoms with E-state index in [1.807, 2.05) is 60.7 Å². The van der Waals surface area contributed by atoms with E-state index in [0.29, 0.717) is 17.9 Å². The topological polar surface area (TPSA) is 84.9 Å². The third kappa shape index (κ3) is 6.67. The first-order valence-corrected chi connectivity index (χ1v) is 9.56. The van der Waals surface area contributed by atoms with Crippen LogP contribution >= 0.6 is 0 Å². The minimum absolute atomic E-state index is 0.110. The maximum atomic E-state index is 12.2. The fraction of sp³-hybridized carbons (Fsp3) is 0.167. The first kappa shape index (κ1) is 20.9. The number of benzene rings is 3. The highest BCUT2D eigenvalue weighted by Crippen LogP contribution is 2.21. The van der Waals surface area contributed by atoms with Crippen LogP contribution in [0.5, 0.6) is 5.75 Å². The molecule has 1 atom stereocenters. The lowest BCUT2D eigenvalue weighted by Gasteiger charge is -2.18. The fourth-order valence-corrected chi connectivity index (χ4v) is 2.87. The zero-order valence-electron chi connectivity index (χ0n) is 16.4. The number of ether oxygens (including phenoxy) is 2. The third-order valence-electron chi connectivity index (χ3n) is 4.41. The standard InChI is InChI=1S/C24H23NO5/c26-23(27)15-22(25-24(28)30-17-19-9-5-2-6-10-19)20-11-13-21(14-12-20)29-16-18-7-3-1-4-8-18/h1-14,22H,15-17H2,(H,25,28)(H,26,27)/t22-/m0/s1. The van der Waals surface area contributed by atoms with Gasteiger partial charge in [-0.3, -0.25) is 4.79 Å². The second-order valence-electron chi connectivity index (χ2n) is 6.70. The molecule has 3 aromatic carbocycles. The Morgan fingerprint density at radius 2 is 1.37 bits per heavy atom. The molecule has 0 fully saturated rings. The first-order chi connectivity index (χ1) is 14.6. The molecule has 0 aromatic heterocycles. The van der Waals surface area contributed by atoms with E-state index in [9.17, 15) is 14.7 Å². The highest BCUT2D eigenvalue weighted by Gasteiger charge is 2.19. The van der Waals surface area contributed by atoms with Gasteiger partial charge in [-0.15, -0.1) is 0 Å². The minimum Gasteiger partial charge on any atom is -0.489 e. The molecule has 1 amide bonds. The molecule has 30 heavy (non-hydrogen) atoms. The van der Waals surface area contributed by atoms with Crippen LogP contribution in [0.3, 0.4) is 0 Å². The number of alkyl carbamates (subject to hydrolysis) is 1. The lowest BCUT2D eigenvalue weighted by molar-refractivity contribution is -0.137. The van der Waals surface area contributed by atoms with Crippen LogP contribution < -0.4 is 10.1 Å². The van der Waals surface area contributed by atoms with Crippen molar-refractivity contribution in [1.82, 2.24) is 5.32 Å². The van der Waals surface area contributed by atoms with Crippen molar-refractivity contribution in [3.05, 3.63) is 102 Å². The number of hydrogen-bond donors (Lipinski definition) is 2. The van der Waals surface area contributed by atoms with Crippen molar-refractivity contribution in [2.75, 3.05) is 0 Å². The van der Waals surface area contributed by atoms with Crippen molar-refractivity contribution in [3.63, 3.8) is 0 Å². The summed E-state index contributed by atoms with van der Waals surface area (Å²) < 4.78 is 11.0. The number of carboxylic acid groups (broad SMARTS) is 1. The Kier molecular flexibility index (Phi) is 7.44. The van der Waals surface area contributed by atoms with Gasteiger partial charge in [0.1, 0.15) is 19.0 Å². The van der Waals surface area contributed by atoms with Gasteiger partial charge >= 0.3 is 12.1 Å². The van der Waals surface area contributed by atoms with Crippen LogP contribution in [0.4, 0.5) is 4.79 Å². The molecule has 0 aliphatic heterocycles. The van der Waals surface area contributed by atoms with E-state index in [-0.39, 0.29) is 13.0 Å². The van der Waals surface area contributed by atoms with Crippen LogP contribution in [0.15, 0.2) is 84.9 Å². The van der Waals surface area contributed by atoms with Crippen molar-refractivity contribution >= 4 is 12.1 Å². The molecule has 0 saturated carbocycles. The first-order valence-electron chi connectivity index (χ1n) is 9.56. The summed E-state index contributed by atoms with van der Waals surface area (Å²) in [5, 5.41) is 11.8. The molecule has 0 radical (unpaired) electrons. The molecule has 0 saturated heterocycles. The summed E-state index contributed by atoms with van der Waals surface area (Å²) in [6.07, 6.45) is -0.931. The fourth-order valence-electron chi connectivity index (χ4n) is 2.87. The van der Waals surface area contributed by atoms with Gasteiger partial charge in [0, 0.05) is 0 Å². The van der Waals surface area contributed by atoms with E-state index in [0.717, 1.165) is 11.1 Å². The normalized spacial score (nSPS) is 11.3. The van der Waals surface area contributed by atoms with Crippen LogP contribution in [0, 0.1) is 0 Å². The number of carbonyl (C=O) groups excluding carboxylic acids is 1. The van der Waals surface area contributed by atoms with Crippen molar-refractivity contribution < 1.29 is 24.2 Å². The van der Waals surface area contributed by atoms with Crippen LogP contribution in [0.25, 0.3) is 0 Å². The predicted molar refractivity (Wildman–Crippen MR) is 112 cm³/mol. The van der Waals surface area contributed by atoms with E-state index >= 15 is 0 Å². The summed E-state index contributed by atoms with van der Waals surface area (Å²) in [5.74, 6) is -0.365. The van der Waals surface area contributed by atoms with Gasteiger partial charge in [0.25, 0.3) is 0 Å². The Bertz CT molecular complexity index is 942. The van der Waals surface area contributed by atoms with Crippen molar-refractivity contribution in [2.24, 2.45) is 0 Å². The zero-order chi connectivity index (χ0) is 21.2. The molecular weight excluding hydrogens is 382 g/mol. The number of hydrogen-bond acceptors (Lipinski definition) is 4.